The Morgan fingerprint density at radius 3 is 2.27 bits per heavy atom. The van der Waals surface area contributed by atoms with Crippen molar-refractivity contribution in [3.63, 3.8) is 0 Å². The van der Waals surface area contributed by atoms with Crippen LogP contribution in [0.4, 0.5) is 5.69 Å². The number of amides is 1. The highest BCUT2D eigenvalue weighted by atomic mass is 32.2. The summed E-state index contributed by atoms with van der Waals surface area (Å²) in [4.78, 5) is 15.3. The smallest absolute Gasteiger partial charge is 0.264 e. The first kappa shape index (κ1) is 28.6. The zero-order valence-electron chi connectivity index (χ0n) is 22.1. The molecule has 0 bridgehead atoms. The zero-order valence-corrected chi connectivity index (χ0v) is 22.9. The van der Waals surface area contributed by atoms with E-state index < -0.39 is 10.0 Å². The lowest BCUT2D eigenvalue weighted by Gasteiger charge is -2.25. The van der Waals surface area contributed by atoms with Crippen molar-refractivity contribution in [3.05, 3.63) is 42.5 Å². The lowest BCUT2D eigenvalue weighted by Crippen LogP contribution is -2.41. The largest absolute Gasteiger partial charge is 0.494 e. The van der Waals surface area contributed by atoms with Crippen LogP contribution in [-0.2, 0) is 14.8 Å². The number of sulfonamides is 1. The molecule has 0 radical (unpaired) electrons. The van der Waals surface area contributed by atoms with Crippen LogP contribution >= 0.6 is 0 Å². The third-order valence-corrected chi connectivity index (χ3v) is 8.11. The molecule has 1 saturated heterocycles. The monoisotopic (exact) mass is 533 g/mol. The highest BCUT2D eigenvalue weighted by molar-refractivity contribution is 7.92. The van der Waals surface area contributed by atoms with E-state index in [1.54, 1.807) is 24.3 Å². The van der Waals surface area contributed by atoms with Crippen molar-refractivity contribution < 1.29 is 27.4 Å². The summed E-state index contributed by atoms with van der Waals surface area (Å²) >= 11 is 0. The van der Waals surface area contributed by atoms with E-state index in [0.29, 0.717) is 30.3 Å². The number of nitrogens with one attached hydrogen (secondary N) is 1. The minimum Gasteiger partial charge on any atom is -0.494 e. The minimum absolute atomic E-state index is 0.00648. The van der Waals surface area contributed by atoms with E-state index in [1.807, 2.05) is 6.92 Å². The predicted octanol–water partition coefficient (Wildman–Crippen LogP) is 3.68. The number of likely N-dealkylation sites (tertiary alicyclic amines) is 1. The van der Waals surface area contributed by atoms with Gasteiger partial charge >= 0.3 is 0 Å². The van der Waals surface area contributed by atoms with Gasteiger partial charge in [0.25, 0.3) is 10.0 Å². The average Bonchev–Trinajstić information content (AvgIpc) is 3.19. The van der Waals surface area contributed by atoms with Gasteiger partial charge in [-0.15, -0.1) is 0 Å². The maximum Gasteiger partial charge on any atom is 0.264 e. The number of hydrogen-bond acceptors (Lipinski definition) is 7. The number of methoxy groups -OCH3 is 2. The number of hydrogen-bond donors (Lipinski definition) is 1. The summed E-state index contributed by atoms with van der Waals surface area (Å²) < 4.78 is 44.6. The number of benzene rings is 2. The molecular formula is C27H39N3O6S. The molecule has 10 heteroatoms. The van der Waals surface area contributed by atoms with E-state index in [0.717, 1.165) is 30.4 Å². The third-order valence-electron chi connectivity index (χ3n) is 6.34. The molecule has 0 aliphatic carbocycles. The minimum atomic E-state index is -4.10. The number of rotatable bonds is 13. The van der Waals surface area contributed by atoms with E-state index in [4.69, 9.17) is 14.2 Å². The van der Waals surface area contributed by atoms with Crippen molar-refractivity contribution in [3.8, 4) is 17.2 Å². The SMILES string of the molecule is CCOc1ccc(N(CC(=O)NCCCN2CCCCCC2)S(=O)(=O)c2ccc(OC)c(OC)c2)cc1. The quantitative estimate of drug-likeness (QED) is 0.392. The van der Waals surface area contributed by atoms with Crippen LogP contribution in [0.15, 0.2) is 47.4 Å². The van der Waals surface area contributed by atoms with Crippen LogP contribution in [0.3, 0.4) is 0 Å². The molecule has 9 nitrogen and oxygen atoms in total. The molecule has 1 heterocycles. The first-order chi connectivity index (χ1) is 17.9. The Balaban J connectivity index is 1.75. The fraction of sp³-hybridized carbons (Fsp3) is 0.519. The van der Waals surface area contributed by atoms with Gasteiger partial charge in [0.15, 0.2) is 11.5 Å². The third kappa shape index (κ3) is 8.00. The molecule has 1 fully saturated rings. The number of nitrogens with zero attached hydrogens (tertiary/aromatic N) is 2. The summed E-state index contributed by atoms with van der Waals surface area (Å²) in [6, 6.07) is 11.0. The van der Waals surface area contributed by atoms with E-state index in [2.05, 4.69) is 10.2 Å². The first-order valence-corrected chi connectivity index (χ1v) is 14.3. The summed E-state index contributed by atoms with van der Waals surface area (Å²) in [5.41, 5.74) is 0.359. The van der Waals surface area contributed by atoms with Crippen LogP contribution in [-0.4, -0.2) is 72.8 Å². The summed E-state index contributed by atoms with van der Waals surface area (Å²) in [5, 5.41) is 2.89. The Hall–Kier alpha value is -2.98. The van der Waals surface area contributed by atoms with Gasteiger partial charge in [-0.1, -0.05) is 12.8 Å². The molecule has 0 spiro atoms. The van der Waals surface area contributed by atoms with Gasteiger partial charge in [0.1, 0.15) is 12.3 Å². The Bertz CT molecular complexity index is 1100. The molecule has 0 saturated carbocycles. The molecule has 1 aliphatic heterocycles. The average molecular weight is 534 g/mol. The maximum absolute atomic E-state index is 13.7. The topological polar surface area (TPSA) is 97.4 Å². The second-order valence-electron chi connectivity index (χ2n) is 8.91. The van der Waals surface area contributed by atoms with Crippen molar-refractivity contribution in [1.29, 1.82) is 0 Å². The van der Waals surface area contributed by atoms with Crippen molar-refractivity contribution in [1.82, 2.24) is 10.2 Å². The lowest BCUT2D eigenvalue weighted by molar-refractivity contribution is -0.119. The fourth-order valence-electron chi connectivity index (χ4n) is 4.37. The number of carbonyl (C=O) groups is 1. The van der Waals surface area contributed by atoms with Crippen LogP contribution < -0.4 is 23.8 Å². The van der Waals surface area contributed by atoms with Gasteiger partial charge in [-0.05, 0) is 82.2 Å². The molecule has 1 amide bonds. The normalized spacial score (nSPS) is 14.5. The fourth-order valence-corrected chi connectivity index (χ4v) is 5.81. The summed E-state index contributed by atoms with van der Waals surface area (Å²) in [6.07, 6.45) is 5.82. The molecule has 204 valence electrons. The standard InChI is InChI=1S/C27H39N3O6S/c1-4-36-23-12-10-22(11-13-23)30(37(32,33)24-14-15-25(34-2)26(20-24)35-3)21-27(31)28-16-9-19-29-17-7-5-6-8-18-29/h10-15,20H,4-9,16-19,21H2,1-3H3,(H,28,31). The van der Waals surface area contributed by atoms with Crippen LogP contribution in [0.2, 0.25) is 0 Å². The van der Waals surface area contributed by atoms with Gasteiger partial charge in [0.05, 0.1) is 31.4 Å². The summed E-state index contributed by atoms with van der Waals surface area (Å²) in [7, 11) is -1.17. The number of carbonyl (C=O) groups excluding carboxylic acids is 1. The van der Waals surface area contributed by atoms with Crippen LogP contribution in [0, 0.1) is 0 Å². The number of anilines is 1. The molecule has 0 atom stereocenters. The lowest BCUT2D eigenvalue weighted by atomic mass is 10.2. The predicted molar refractivity (Wildman–Crippen MR) is 144 cm³/mol. The van der Waals surface area contributed by atoms with Gasteiger partial charge in [0.2, 0.25) is 5.91 Å². The van der Waals surface area contributed by atoms with E-state index >= 15 is 0 Å². The molecule has 2 aromatic carbocycles. The van der Waals surface area contributed by atoms with Crippen molar-refractivity contribution in [2.45, 2.75) is 43.9 Å². The molecule has 1 N–H and O–H groups in total. The Kier molecular flexibility index (Phi) is 10.9. The zero-order chi connectivity index (χ0) is 26.7. The Morgan fingerprint density at radius 2 is 1.65 bits per heavy atom. The van der Waals surface area contributed by atoms with Crippen molar-refractivity contribution >= 4 is 21.6 Å². The van der Waals surface area contributed by atoms with Gasteiger partial charge in [-0.2, -0.15) is 0 Å². The molecule has 1 aliphatic rings. The second-order valence-corrected chi connectivity index (χ2v) is 10.8. The van der Waals surface area contributed by atoms with Crippen molar-refractivity contribution in [2.24, 2.45) is 0 Å². The van der Waals surface area contributed by atoms with Gasteiger partial charge in [0, 0.05) is 12.6 Å². The molecule has 0 unspecified atom stereocenters. The van der Waals surface area contributed by atoms with Gasteiger partial charge < -0.3 is 24.4 Å². The summed E-state index contributed by atoms with van der Waals surface area (Å²) in [5.74, 6) is 0.950. The highest BCUT2D eigenvalue weighted by Gasteiger charge is 2.28. The number of ether oxygens (including phenoxy) is 3. The molecule has 3 rings (SSSR count). The van der Waals surface area contributed by atoms with Gasteiger partial charge in [-0.3, -0.25) is 9.10 Å². The van der Waals surface area contributed by atoms with Crippen LogP contribution in [0.5, 0.6) is 17.2 Å². The van der Waals surface area contributed by atoms with Crippen LogP contribution in [0.1, 0.15) is 39.0 Å². The van der Waals surface area contributed by atoms with E-state index in [9.17, 15) is 13.2 Å². The second kappa shape index (κ2) is 14.1. The van der Waals surface area contributed by atoms with Gasteiger partial charge in [-0.25, -0.2) is 8.42 Å². The molecule has 0 aromatic heterocycles. The molecule has 2 aromatic rings. The first-order valence-electron chi connectivity index (χ1n) is 12.9. The van der Waals surface area contributed by atoms with E-state index in [1.165, 1.54) is 58.1 Å². The molecule has 37 heavy (non-hydrogen) atoms. The highest BCUT2D eigenvalue weighted by Crippen LogP contribution is 2.32. The van der Waals surface area contributed by atoms with Crippen molar-refractivity contribution in [2.75, 3.05) is 57.9 Å². The van der Waals surface area contributed by atoms with E-state index in [-0.39, 0.29) is 23.1 Å². The maximum atomic E-state index is 13.7. The Labute approximate surface area is 220 Å². The summed E-state index contributed by atoms with van der Waals surface area (Å²) in [6.45, 7) is 5.63. The van der Waals surface area contributed by atoms with Crippen LogP contribution in [0.25, 0.3) is 0 Å². The molecular weight excluding hydrogens is 494 g/mol. The Morgan fingerprint density at radius 1 is 0.973 bits per heavy atom.